The monoisotopic (exact) mass is 449 g/mol. The highest BCUT2D eigenvalue weighted by molar-refractivity contribution is 7.94. The zero-order valence-corrected chi connectivity index (χ0v) is 18.0. The van der Waals surface area contributed by atoms with Crippen molar-refractivity contribution in [2.24, 2.45) is 5.73 Å². The topological polar surface area (TPSA) is 92.5 Å². The van der Waals surface area contributed by atoms with Crippen molar-refractivity contribution in [2.45, 2.75) is 24.1 Å². The number of carbonyl (C=O) groups excluding carboxylic acids is 1. The van der Waals surface area contributed by atoms with E-state index < -0.39 is 16.1 Å². The third-order valence-corrected chi connectivity index (χ3v) is 7.39. The molecule has 1 aromatic heterocycles. The van der Waals surface area contributed by atoms with Crippen molar-refractivity contribution < 1.29 is 13.2 Å². The van der Waals surface area contributed by atoms with Crippen LogP contribution >= 0.6 is 22.9 Å². The number of nitrogens with one attached hydrogen (secondary N) is 1. The Hall–Kier alpha value is -2.55. The summed E-state index contributed by atoms with van der Waals surface area (Å²) >= 11 is 6.85. The Morgan fingerprint density at radius 2 is 1.83 bits per heavy atom. The van der Waals surface area contributed by atoms with Gasteiger partial charge in [0.15, 0.2) is 0 Å². The number of nitrogens with two attached hydrogens (primary N) is 1. The van der Waals surface area contributed by atoms with Crippen LogP contribution in [-0.4, -0.2) is 14.4 Å². The number of amides is 2. The van der Waals surface area contributed by atoms with Gasteiger partial charge >= 0.3 is 6.03 Å². The van der Waals surface area contributed by atoms with E-state index in [1.165, 1.54) is 17.0 Å². The molecule has 0 bridgehead atoms. The molecule has 0 saturated heterocycles. The van der Waals surface area contributed by atoms with Crippen molar-refractivity contribution in [3.63, 3.8) is 0 Å². The number of rotatable bonds is 7. The van der Waals surface area contributed by atoms with Crippen LogP contribution < -0.4 is 15.4 Å². The molecule has 0 aliphatic rings. The van der Waals surface area contributed by atoms with Crippen LogP contribution in [0.5, 0.6) is 0 Å². The van der Waals surface area contributed by atoms with Crippen molar-refractivity contribution >= 4 is 50.4 Å². The Kier molecular flexibility index (Phi) is 6.46. The lowest BCUT2D eigenvalue weighted by Gasteiger charge is -2.25. The summed E-state index contributed by atoms with van der Waals surface area (Å²) in [5.41, 5.74) is 8.19. The lowest BCUT2D eigenvalue weighted by Crippen LogP contribution is -2.36. The van der Waals surface area contributed by atoms with E-state index in [4.69, 9.17) is 17.3 Å². The van der Waals surface area contributed by atoms with Crippen LogP contribution in [-0.2, 0) is 23.0 Å². The Morgan fingerprint density at radius 1 is 1.10 bits per heavy atom. The van der Waals surface area contributed by atoms with E-state index >= 15 is 0 Å². The maximum absolute atomic E-state index is 12.7. The largest absolute Gasteiger partial charge is 0.351 e. The highest BCUT2D eigenvalue weighted by atomic mass is 35.5. The van der Waals surface area contributed by atoms with E-state index in [0.717, 1.165) is 16.9 Å². The molecule has 6 nitrogen and oxygen atoms in total. The quantitative estimate of drug-likeness (QED) is 0.540. The maximum Gasteiger partial charge on any atom is 0.319 e. The van der Waals surface area contributed by atoms with Crippen LogP contribution in [0.3, 0.4) is 0 Å². The van der Waals surface area contributed by atoms with Crippen LogP contribution in [0, 0.1) is 0 Å². The van der Waals surface area contributed by atoms with Crippen molar-refractivity contribution in [2.75, 3.05) is 9.62 Å². The number of primary amides is 1. The Balaban J connectivity index is 1.99. The summed E-state index contributed by atoms with van der Waals surface area (Å²) in [6, 6.07) is 16.9. The van der Waals surface area contributed by atoms with Crippen molar-refractivity contribution in [1.29, 1.82) is 0 Å². The summed E-state index contributed by atoms with van der Waals surface area (Å²) < 4.78 is 28.6. The average Bonchev–Trinajstić information content (AvgIpc) is 3.14. The van der Waals surface area contributed by atoms with E-state index in [0.29, 0.717) is 27.7 Å². The SMILES string of the molecule is CCc1c(NS(=O)(=O)c2ccc(Cl)s2)cccc1N(Cc1ccccc1)C(N)=O. The van der Waals surface area contributed by atoms with Gasteiger partial charge in [-0.05, 0) is 41.8 Å². The number of sulfonamides is 1. The third kappa shape index (κ3) is 4.90. The van der Waals surface area contributed by atoms with Gasteiger partial charge in [0.1, 0.15) is 4.21 Å². The second-order valence-corrected chi connectivity index (χ2v) is 9.86. The van der Waals surface area contributed by atoms with E-state index in [2.05, 4.69) is 4.72 Å². The van der Waals surface area contributed by atoms with Crippen LogP contribution in [0.1, 0.15) is 18.1 Å². The Labute approximate surface area is 179 Å². The van der Waals surface area contributed by atoms with Gasteiger partial charge in [-0.25, -0.2) is 13.2 Å². The lowest BCUT2D eigenvalue weighted by atomic mass is 10.1. The van der Waals surface area contributed by atoms with Gasteiger partial charge in [0.25, 0.3) is 10.0 Å². The van der Waals surface area contributed by atoms with E-state index in [1.54, 1.807) is 18.2 Å². The Morgan fingerprint density at radius 3 is 2.41 bits per heavy atom. The summed E-state index contributed by atoms with van der Waals surface area (Å²) in [7, 11) is -3.80. The number of thiophene rings is 1. The molecule has 2 aromatic carbocycles. The van der Waals surface area contributed by atoms with Gasteiger partial charge in [0, 0.05) is 0 Å². The summed E-state index contributed by atoms with van der Waals surface area (Å²) in [6.07, 6.45) is 0.498. The molecule has 3 N–H and O–H groups in total. The standard InChI is InChI=1S/C20H20ClN3O3S2/c1-2-15-16(23-29(26,27)19-12-11-18(21)28-19)9-6-10-17(15)24(20(22)25)13-14-7-4-3-5-8-14/h3-12,23H,2,13H2,1H3,(H2,22,25). The first kappa shape index (κ1) is 21.2. The van der Waals surface area contributed by atoms with E-state index in [-0.39, 0.29) is 10.8 Å². The minimum atomic E-state index is -3.80. The molecular weight excluding hydrogens is 430 g/mol. The second kappa shape index (κ2) is 8.86. The first-order valence-electron chi connectivity index (χ1n) is 8.82. The molecular formula is C20H20ClN3O3S2. The third-order valence-electron chi connectivity index (χ3n) is 4.30. The number of carbonyl (C=O) groups is 1. The fourth-order valence-electron chi connectivity index (χ4n) is 2.98. The molecule has 0 atom stereocenters. The molecule has 29 heavy (non-hydrogen) atoms. The summed E-state index contributed by atoms with van der Waals surface area (Å²) in [5.74, 6) is 0. The lowest BCUT2D eigenvalue weighted by molar-refractivity contribution is 0.253. The molecule has 1 heterocycles. The van der Waals surface area contributed by atoms with Gasteiger partial charge in [-0.1, -0.05) is 54.9 Å². The molecule has 0 radical (unpaired) electrons. The highest BCUT2D eigenvalue weighted by Gasteiger charge is 2.22. The summed E-state index contributed by atoms with van der Waals surface area (Å²) in [4.78, 5) is 13.6. The van der Waals surface area contributed by atoms with E-state index in [9.17, 15) is 13.2 Å². The van der Waals surface area contributed by atoms with Gasteiger partial charge in [-0.2, -0.15) is 0 Å². The van der Waals surface area contributed by atoms with Crippen molar-refractivity contribution in [1.82, 2.24) is 0 Å². The smallest absolute Gasteiger partial charge is 0.319 e. The normalized spacial score (nSPS) is 11.2. The molecule has 3 rings (SSSR count). The molecule has 3 aromatic rings. The molecule has 9 heteroatoms. The molecule has 152 valence electrons. The first-order chi connectivity index (χ1) is 13.8. The van der Waals surface area contributed by atoms with Gasteiger partial charge < -0.3 is 5.73 Å². The number of nitrogens with zero attached hydrogens (tertiary/aromatic N) is 1. The van der Waals surface area contributed by atoms with Crippen molar-refractivity contribution in [3.05, 3.63) is 76.1 Å². The molecule has 0 aliphatic heterocycles. The minimum absolute atomic E-state index is 0.117. The van der Waals surface area contributed by atoms with Crippen molar-refractivity contribution in [3.8, 4) is 0 Å². The summed E-state index contributed by atoms with van der Waals surface area (Å²) in [6.45, 7) is 2.17. The average molecular weight is 450 g/mol. The van der Waals surface area contributed by atoms with Gasteiger partial charge in [0.05, 0.1) is 22.3 Å². The van der Waals surface area contributed by atoms with Gasteiger partial charge in [-0.3, -0.25) is 9.62 Å². The molecule has 0 fully saturated rings. The molecule has 0 unspecified atom stereocenters. The highest BCUT2D eigenvalue weighted by Crippen LogP contribution is 2.33. The summed E-state index contributed by atoms with van der Waals surface area (Å²) in [5, 5.41) is 0. The number of benzene rings is 2. The number of anilines is 2. The van der Waals surface area contributed by atoms with Crippen LogP contribution in [0.2, 0.25) is 4.34 Å². The second-order valence-electron chi connectivity index (χ2n) is 6.23. The number of halogens is 1. The van der Waals surface area contributed by atoms with Crippen LogP contribution in [0.4, 0.5) is 16.2 Å². The van der Waals surface area contributed by atoms with Crippen LogP contribution in [0.15, 0.2) is 64.9 Å². The zero-order chi connectivity index (χ0) is 21.0. The fraction of sp³-hybridized carbons (Fsp3) is 0.150. The van der Waals surface area contributed by atoms with Gasteiger partial charge in [0.2, 0.25) is 0 Å². The molecule has 0 aliphatic carbocycles. The minimum Gasteiger partial charge on any atom is -0.351 e. The van der Waals surface area contributed by atoms with Gasteiger partial charge in [-0.15, -0.1) is 11.3 Å². The predicted octanol–water partition coefficient (Wildman–Crippen LogP) is 4.85. The molecule has 0 saturated carbocycles. The maximum atomic E-state index is 12.7. The zero-order valence-electron chi connectivity index (χ0n) is 15.6. The predicted molar refractivity (Wildman–Crippen MR) is 118 cm³/mol. The first-order valence-corrected chi connectivity index (χ1v) is 11.5. The number of hydrogen-bond acceptors (Lipinski definition) is 4. The van der Waals surface area contributed by atoms with Crippen LogP contribution in [0.25, 0.3) is 0 Å². The van der Waals surface area contributed by atoms with E-state index in [1.807, 2.05) is 37.3 Å². The Bertz CT molecular complexity index is 1120. The molecule has 2 amide bonds. The number of hydrogen-bond donors (Lipinski definition) is 2. The number of urea groups is 1. The fourth-order valence-corrected chi connectivity index (χ4v) is 5.56. The molecule has 0 spiro atoms.